The maximum absolute atomic E-state index is 13.4. The zero-order valence-electron chi connectivity index (χ0n) is 22.3. The van der Waals surface area contributed by atoms with Crippen molar-refractivity contribution in [2.45, 2.75) is 50.7 Å². The maximum Gasteiger partial charge on any atom is 0.320 e. The van der Waals surface area contributed by atoms with Gasteiger partial charge in [0.05, 0.1) is 17.4 Å². The van der Waals surface area contributed by atoms with Crippen LogP contribution < -0.4 is 14.2 Å². The molecule has 2 fully saturated rings. The molecule has 3 aliphatic heterocycles. The topological polar surface area (TPSA) is 106 Å². The van der Waals surface area contributed by atoms with E-state index in [4.69, 9.17) is 19.2 Å². The summed E-state index contributed by atoms with van der Waals surface area (Å²) < 4.78 is 32.4. The van der Waals surface area contributed by atoms with Gasteiger partial charge in [-0.2, -0.15) is 15.1 Å². The van der Waals surface area contributed by atoms with E-state index in [0.29, 0.717) is 62.5 Å². The lowest BCUT2D eigenvalue weighted by molar-refractivity contribution is -0.129. The number of aryl methyl sites for hydroxylation is 1. The van der Waals surface area contributed by atoms with Gasteiger partial charge in [0.1, 0.15) is 13.2 Å². The highest BCUT2D eigenvalue weighted by molar-refractivity contribution is 5.90. The molecule has 3 aromatic rings. The minimum Gasteiger partial charge on any atom is -0.482 e. The predicted molar refractivity (Wildman–Crippen MR) is 142 cm³/mol. The van der Waals surface area contributed by atoms with Crippen molar-refractivity contribution >= 4 is 16.8 Å². The lowest BCUT2D eigenvalue weighted by Gasteiger charge is -2.34. The number of likely N-dealkylation sites (N-methyl/N-ethyl adjacent to an activating group) is 1. The second kappa shape index (κ2) is 10.4. The highest BCUT2D eigenvalue weighted by Crippen LogP contribution is 2.44. The number of rotatable bonds is 6. The second-order valence-corrected chi connectivity index (χ2v) is 10.6. The molecular weight excluding hydrogens is 503 g/mol. The number of likely N-dealkylation sites (tertiary alicyclic amines) is 2. The highest BCUT2D eigenvalue weighted by Gasteiger charge is 2.35. The Kier molecular flexibility index (Phi) is 6.84. The van der Waals surface area contributed by atoms with Crippen molar-refractivity contribution in [3.8, 4) is 17.6 Å². The monoisotopic (exact) mass is 536 g/mol. The number of halogens is 1. The molecule has 6 rings (SSSR count). The summed E-state index contributed by atoms with van der Waals surface area (Å²) in [6.07, 6.45) is 4.83. The van der Waals surface area contributed by atoms with E-state index in [1.54, 1.807) is 6.20 Å². The first kappa shape index (κ1) is 25.5. The number of hydrogen-bond donors (Lipinski definition) is 1. The second-order valence-electron chi connectivity index (χ2n) is 10.6. The number of carbonyl (C=O) groups is 1. The largest absolute Gasteiger partial charge is 0.482 e. The number of benzene rings is 1. The van der Waals surface area contributed by atoms with Crippen LogP contribution >= 0.6 is 0 Å². The summed E-state index contributed by atoms with van der Waals surface area (Å²) in [7, 11) is 2.10. The number of fused-ring (bicyclic) bond motifs is 2. The number of ether oxygens (including phenoxy) is 3. The number of H-pyrrole nitrogens is 1. The Morgan fingerprint density at radius 1 is 1.23 bits per heavy atom. The maximum atomic E-state index is 13.4. The zero-order valence-corrected chi connectivity index (χ0v) is 22.3. The molecule has 0 saturated carbocycles. The first-order valence-electron chi connectivity index (χ1n) is 13.5. The third kappa shape index (κ3) is 4.91. The van der Waals surface area contributed by atoms with Crippen molar-refractivity contribution in [2.24, 2.45) is 0 Å². The summed E-state index contributed by atoms with van der Waals surface area (Å²) in [6.45, 7) is 7.82. The number of aromatic nitrogens is 4. The Morgan fingerprint density at radius 2 is 2.05 bits per heavy atom. The SMILES string of the molecule is C=C(F)C(=O)N1CCC(c2nc(OCC3CCCN3C)nc3c2OCC(c2c(C)ccc4[nH]ncc24)O3)CC1. The molecule has 1 N–H and O–H groups in total. The van der Waals surface area contributed by atoms with Gasteiger partial charge in [0.25, 0.3) is 11.8 Å². The number of nitrogens with zero attached hydrogens (tertiary/aromatic N) is 5. The van der Waals surface area contributed by atoms with Crippen LogP contribution in [0.2, 0.25) is 0 Å². The molecule has 0 radical (unpaired) electrons. The van der Waals surface area contributed by atoms with E-state index in [1.807, 2.05) is 19.1 Å². The van der Waals surface area contributed by atoms with Crippen molar-refractivity contribution in [1.82, 2.24) is 30.0 Å². The Morgan fingerprint density at radius 3 is 2.79 bits per heavy atom. The van der Waals surface area contributed by atoms with Crippen LogP contribution in [0.4, 0.5) is 4.39 Å². The molecule has 2 unspecified atom stereocenters. The van der Waals surface area contributed by atoms with Gasteiger partial charge in [0.2, 0.25) is 5.75 Å². The van der Waals surface area contributed by atoms with E-state index in [0.717, 1.165) is 41.4 Å². The van der Waals surface area contributed by atoms with Crippen LogP contribution in [0.3, 0.4) is 0 Å². The van der Waals surface area contributed by atoms with Gasteiger partial charge in [-0.05, 0) is 57.8 Å². The fraction of sp³-hybridized carbons (Fsp3) is 0.500. The Hall–Kier alpha value is -3.73. The summed E-state index contributed by atoms with van der Waals surface area (Å²) in [4.78, 5) is 25.3. The lowest BCUT2D eigenvalue weighted by Crippen LogP contribution is -2.38. The van der Waals surface area contributed by atoms with Crippen molar-refractivity contribution in [1.29, 1.82) is 0 Å². The molecule has 2 saturated heterocycles. The fourth-order valence-electron chi connectivity index (χ4n) is 5.92. The van der Waals surface area contributed by atoms with Crippen LogP contribution in [0.25, 0.3) is 10.9 Å². The van der Waals surface area contributed by atoms with E-state index in [-0.39, 0.29) is 18.0 Å². The van der Waals surface area contributed by atoms with Gasteiger partial charge < -0.3 is 24.0 Å². The van der Waals surface area contributed by atoms with Crippen LogP contribution in [0.1, 0.15) is 54.5 Å². The van der Waals surface area contributed by atoms with Crippen molar-refractivity contribution in [3.63, 3.8) is 0 Å². The molecule has 5 heterocycles. The number of carbonyl (C=O) groups excluding carboxylic acids is 1. The summed E-state index contributed by atoms with van der Waals surface area (Å²) >= 11 is 0. The third-order valence-electron chi connectivity index (χ3n) is 8.16. The van der Waals surface area contributed by atoms with Gasteiger partial charge in [-0.15, -0.1) is 0 Å². The smallest absolute Gasteiger partial charge is 0.320 e. The molecule has 10 nitrogen and oxygen atoms in total. The van der Waals surface area contributed by atoms with Crippen molar-refractivity contribution in [3.05, 3.63) is 47.6 Å². The van der Waals surface area contributed by atoms with Gasteiger partial charge >= 0.3 is 6.01 Å². The third-order valence-corrected chi connectivity index (χ3v) is 8.16. The van der Waals surface area contributed by atoms with Crippen LogP contribution in [-0.2, 0) is 4.79 Å². The highest BCUT2D eigenvalue weighted by atomic mass is 19.1. The van der Waals surface area contributed by atoms with Gasteiger partial charge in [0.15, 0.2) is 11.9 Å². The minimum atomic E-state index is -0.939. The predicted octanol–water partition coefficient (Wildman–Crippen LogP) is 3.84. The lowest BCUT2D eigenvalue weighted by atomic mass is 9.92. The Bertz CT molecular complexity index is 1400. The normalized spacial score (nSPS) is 21.9. The molecule has 1 amide bonds. The molecule has 0 bridgehead atoms. The summed E-state index contributed by atoms with van der Waals surface area (Å²) in [5.74, 6) is -0.760. The van der Waals surface area contributed by atoms with Crippen LogP contribution in [0.5, 0.6) is 17.6 Å². The van der Waals surface area contributed by atoms with Crippen molar-refractivity contribution in [2.75, 3.05) is 39.9 Å². The Balaban J connectivity index is 1.30. The van der Waals surface area contributed by atoms with Crippen LogP contribution in [0.15, 0.2) is 30.7 Å². The summed E-state index contributed by atoms with van der Waals surface area (Å²) in [5, 5.41) is 8.20. The summed E-state index contributed by atoms with van der Waals surface area (Å²) in [5.41, 5.74) is 3.70. The van der Waals surface area contributed by atoms with Crippen LogP contribution in [0, 0.1) is 6.92 Å². The molecule has 1 aromatic carbocycles. The average molecular weight is 537 g/mol. The number of piperidine rings is 1. The van der Waals surface area contributed by atoms with E-state index in [9.17, 15) is 9.18 Å². The first-order valence-corrected chi connectivity index (χ1v) is 13.5. The average Bonchev–Trinajstić information content (AvgIpc) is 3.59. The number of nitrogens with one attached hydrogen (secondary N) is 1. The Labute approximate surface area is 226 Å². The van der Waals surface area contributed by atoms with Gasteiger partial charge in [-0.1, -0.05) is 12.6 Å². The van der Waals surface area contributed by atoms with E-state index >= 15 is 0 Å². The molecule has 2 aromatic heterocycles. The molecule has 2 atom stereocenters. The number of hydrogen-bond acceptors (Lipinski definition) is 8. The summed E-state index contributed by atoms with van der Waals surface area (Å²) in [6, 6.07) is 4.60. The molecular formula is C28H33FN6O4. The number of amides is 1. The minimum absolute atomic E-state index is 0.0191. The molecule has 11 heteroatoms. The first-order chi connectivity index (χ1) is 18.9. The fourth-order valence-corrected chi connectivity index (χ4v) is 5.92. The molecule has 206 valence electrons. The molecule has 0 aliphatic carbocycles. The van der Waals surface area contributed by atoms with Gasteiger partial charge in [0, 0.05) is 36.0 Å². The van der Waals surface area contributed by atoms with E-state index in [1.165, 1.54) is 4.90 Å². The standard InChI is InChI=1S/C28H33FN6O4/c1-16-6-7-21-20(13-30-33-21)23(16)22-15-37-25-24(18-8-11-35(12-9-18)27(36)17(2)29)31-28(32-26(25)39-22)38-14-19-5-4-10-34(19)3/h6-7,13,18-19,22H,2,4-5,8-12,14-15H2,1,3H3,(H,30,33). The molecule has 0 spiro atoms. The van der Waals surface area contributed by atoms with Crippen LogP contribution in [-0.4, -0.2) is 81.8 Å². The quantitative estimate of drug-likeness (QED) is 0.474. The number of aromatic amines is 1. The van der Waals surface area contributed by atoms with Crippen molar-refractivity contribution < 1.29 is 23.4 Å². The zero-order chi connectivity index (χ0) is 27.1. The van der Waals surface area contributed by atoms with Gasteiger partial charge in [-0.25, -0.2) is 4.39 Å². The van der Waals surface area contributed by atoms with E-state index < -0.39 is 11.7 Å². The van der Waals surface area contributed by atoms with Gasteiger partial charge in [-0.3, -0.25) is 9.89 Å². The molecule has 3 aliphatic rings. The van der Waals surface area contributed by atoms with E-state index in [2.05, 4.69) is 33.7 Å². The molecule has 39 heavy (non-hydrogen) atoms.